The van der Waals surface area contributed by atoms with Crippen LogP contribution in [0.3, 0.4) is 0 Å². The van der Waals surface area contributed by atoms with Gasteiger partial charge in [0.25, 0.3) is 0 Å². The van der Waals surface area contributed by atoms with Crippen molar-refractivity contribution in [1.29, 1.82) is 0 Å². The van der Waals surface area contributed by atoms with Crippen molar-refractivity contribution in [2.24, 2.45) is 0 Å². The van der Waals surface area contributed by atoms with Gasteiger partial charge in [-0.05, 0) is 25.0 Å². The summed E-state index contributed by atoms with van der Waals surface area (Å²) in [5.41, 5.74) is 0. The molecule has 0 atom stereocenters. The number of allylic oxidation sites excluding steroid dienone is 3. The first-order chi connectivity index (χ1) is 4.43. The molecule has 0 N–H and O–H groups in total. The van der Waals surface area contributed by atoms with E-state index in [1.807, 2.05) is 18.2 Å². The van der Waals surface area contributed by atoms with E-state index in [4.69, 9.17) is 0 Å². The van der Waals surface area contributed by atoms with Gasteiger partial charge in [0.1, 0.15) is 5.76 Å². The second-order valence-corrected chi connectivity index (χ2v) is 2.08. The predicted molar refractivity (Wildman–Crippen MR) is 35.1 cm³/mol. The Bertz CT molecular complexity index is 160. The van der Waals surface area contributed by atoms with E-state index in [1.165, 1.54) is 0 Å². The van der Waals surface area contributed by atoms with Crippen molar-refractivity contribution >= 4 is 8.69 Å². The molecule has 1 rings (SSSR count). The summed E-state index contributed by atoms with van der Waals surface area (Å²) in [6.45, 7) is 0. The van der Waals surface area contributed by atoms with E-state index in [0.29, 0.717) is 5.76 Å². The van der Waals surface area contributed by atoms with E-state index in [9.17, 15) is 4.57 Å². The third-order valence-electron chi connectivity index (χ3n) is 1.10. The van der Waals surface area contributed by atoms with Crippen molar-refractivity contribution in [1.82, 2.24) is 0 Å². The van der Waals surface area contributed by atoms with Gasteiger partial charge < -0.3 is 4.52 Å². The van der Waals surface area contributed by atoms with E-state index in [-0.39, 0.29) is 8.69 Å². The molecule has 3 heteroatoms. The molecule has 0 bridgehead atoms. The third-order valence-corrected chi connectivity index (χ3v) is 1.39. The van der Waals surface area contributed by atoms with Crippen LogP contribution >= 0.6 is 8.69 Å². The molecule has 0 aromatic carbocycles. The van der Waals surface area contributed by atoms with E-state index < -0.39 is 0 Å². The van der Waals surface area contributed by atoms with Crippen LogP contribution in [-0.2, 0) is 9.09 Å². The summed E-state index contributed by atoms with van der Waals surface area (Å²) in [5, 5.41) is 0. The molecule has 1 aliphatic rings. The molecule has 0 spiro atoms. The molecule has 0 aliphatic heterocycles. The van der Waals surface area contributed by atoms with Gasteiger partial charge in [-0.3, -0.25) is 0 Å². The lowest BCUT2D eigenvalue weighted by Crippen LogP contribution is -1.82. The summed E-state index contributed by atoms with van der Waals surface area (Å²) in [5.74, 6) is 0.706. The highest BCUT2D eigenvalue weighted by Crippen LogP contribution is 2.14. The molecule has 9 heavy (non-hydrogen) atoms. The normalized spacial score (nSPS) is 17.6. The van der Waals surface area contributed by atoms with Crippen molar-refractivity contribution in [3.8, 4) is 0 Å². The van der Waals surface area contributed by atoms with Crippen molar-refractivity contribution in [2.75, 3.05) is 0 Å². The van der Waals surface area contributed by atoms with Crippen molar-refractivity contribution in [2.45, 2.75) is 12.8 Å². The van der Waals surface area contributed by atoms with Crippen LogP contribution in [0.1, 0.15) is 12.8 Å². The van der Waals surface area contributed by atoms with Gasteiger partial charge in [0.05, 0.1) is 0 Å². The van der Waals surface area contributed by atoms with Gasteiger partial charge in [0.2, 0.25) is 0 Å². The highest BCUT2D eigenvalue weighted by Gasteiger charge is 1.95. The molecule has 0 radical (unpaired) electrons. The second kappa shape index (κ2) is 3.41. The number of hydrogen-bond acceptors (Lipinski definition) is 2. The fourth-order valence-electron chi connectivity index (χ4n) is 0.700. The van der Waals surface area contributed by atoms with Gasteiger partial charge in [-0.25, -0.2) is 4.57 Å². The lowest BCUT2D eigenvalue weighted by Gasteiger charge is -2.00. The molecule has 48 valence electrons. The minimum Gasteiger partial charge on any atom is -0.408 e. The Morgan fingerprint density at radius 1 is 1.56 bits per heavy atom. The zero-order chi connectivity index (χ0) is 6.53. The Morgan fingerprint density at radius 3 is 3.00 bits per heavy atom. The average Bonchev–Trinajstić information content (AvgIpc) is 1.91. The van der Waals surface area contributed by atoms with E-state index >= 15 is 0 Å². The van der Waals surface area contributed by atoms with Gasteiger partial charge in [-0.1, -0.05) is 6.08 Å². The minimum atomic E-state index is -0.271. The van der Waals surface area contributed by atoms with Crippen LogP contribution < -0.4 is 0 Å². The first-order valence-corrected chi connectivity index (χ1v) is 3.53. The monoisotopic (exact) mass is 142 g/mol. The van der Waals surface area contributed by atoms with Gasteiger partial charge in [0.15, 0.2) is 0 Å². The molecule has 0 heterocycles. The van der Waals surface area contributed by atoms with Crippen LogP contribution in [0.25, 0.3) is 0 Å². The molecular weight excluding hydrogens is 135 g/mol. The Kier molecular flexibility index (Phi) is 2.47. The van der Waals surface area contributed by atoms with E-state index in [2.05, 4.69) is 4.52 Å². The van der Waals surface area contributed by atoms with Gasteiger partial charge in [-0.15, -0.1) is 0 Å². The van der Waals surface area contributed by atoms with Crippen LogP contribution in [0.2, 0.25) is 0 Å². The molecule has 2 nitrogen and oxygen atoms in total. The van der Waals surface area contributed by atoms with Gasteiger partial charge in [-0.2, -0.15) is 0 Å². The topological polar surface area (TPSA) is 26.3 Å². The molecule has 0 amide bonds. The van der Waals surface area contributed by atoms with Crippen LogP contribution in [0.15, 0.2) is 24.0 Å². The Morgan fingerprint density at radius 2 is 2.44 bits per heavy atom. The van der Waals surface area contributed by atoms with Crippen LogP contribution in [0.5, 0.6) is 0 Å². The summed E-state index contributed by atoms with van der Waals surface area (Å²) < 4.78 is 14.5. The SMILES string of the molecule is O=POC1=CCCC=C1. The lowest BCUT2D eigenvalue weighted by molar-refractivity contribution is 0.453. The minimum absolute atomic E-state index is 0.271. The van der Waals surface area contributed by atoms with E-state index in [0.717, 1.165) is 12.8 Å². The zero-order valence-electron chi connectivity index (χ0n) is 4.91. The summed E-state index contributed by atoms with van der Waals surface area (Å²) in [6.07, 6.45) is 7.80. The molecule has 0 saturated heterocycles. The zero-order valence-corrected chi connectivity index (χ0v) is 5.80. The standard InChI is InChI=1S/C6H7O2P/c7-9-8-6-4-2-1-3-5-6/h2,4-5H,1,3H2. The summed E-state index contributed by atoms with van der Waals surface area (Å²) >= 11 is 0. The van der Waals surface area contributed by atoms with Crippen molar-refractivity contribution in [3.63, 3.8) is 0 Å². The maximum absolute atomic E-state index is 9.87. The molecule has 0 aromatic rings. The van der Waals surface area contributed by atoms with E-state index in [1.54, 1.807) is 0 Å². The number of rotatable bonds is 2. The Labute approximate surface area is 55.5 Å². The molecular formula is C6H7O2P. The first-order valence-electron chi connectivity index (χ1n) is 2.80. The summed E-state index contributed by atoms with van der Waals surface area (Å²) in [6, 6.07) is 0. The lowest BCUT2D eigenvalue weighted by atomic mass is 10.2. The Balaban J connectivity index is 2.47. The largest absolute Gasteiger partial charge is 0.408 e. The quantitative estimate of drug-likeness (QED) is 0.553. The molecule has 0 fully saturated rings. The highest BCUT2D eigenvalue weighted by atomic mass is 31.1. The van der Waals surface area contributed by atoms with Crippen molar-refractivity contribution in [3.05, 3.63) is 24.0 Å². The van der Waals surface area contributed by atoms with Gasteiger partial charge in [0, 0.05) is 0 Å². The number of hydrogen-bond donors (Lipinski definition) is 0. The fourth-order valence-corrected chi connectivity index (χ4v) is 0.922. The smallest absolute Gasteiger partial charge is 0.395 e. The highest BCUT2D eigenvalue weighted by molar-refractivity contribution is 7.17. The molecule has 0 unspecified atom stereocenters. The van der Waals surface area contributed by atoms with Crippen LogP contribution in [-0.4, -0.2) is 0 Å². The van der Waals surface area contributed by atoms with Gasteiger partial charge >= 0.3 is 8.69 Å². The summed E-state index contributed by atoms with van der Waals surface area (Å²) in [7, 11) is -0.271. The first kappa shape index (κ1) is 6.50. The second-order valence-electron chi connectivity index (χ2n) is 1.75. The predicted octanol–water partition coefficient (Wildman–Crippen LogP) is 2.44. The summed E-state index contributed by atoms with van der Waals surface area (Å²) in [4.78, 5) is 0. The van der Waals surface area contributed by atoms with Crippen LogP contribution in [0, 0.1) is 0 Å². The maximum atomic E-state index is 9.87. The van der Waals surface area contributed by atoms with Crippen molar-refractivity contribution < 1.29 is 9.09 Å². The molecule has 0 saturated carbocycles. The maximum Gasteiger partial charge on any atom is 0.395 e. The van der Waals surface area contributed by atoms with Crippen LogP contribution in [0.4, 0.5) is 0 Å². The molecule has 0 aromatic heterocycles. The third kappa shape index (κ3) is 1.98. The Hall–Kier alpha value is -0.620. The molecule has 1 aliphatic carbocycles. The average molecular weight is 142 g/mol. The fraction of sp³-hybridized carbons (Fsp3) is 0.333.